The van der Waals surface area contributed by atoms with Crippen LogP contribution in [0.1, 0.15) is 23.7 Å². The largest absolute Gasteiger partial charge is 0.459 e. The van der Waals surface area contributed by atoms with Gasteiger partial charge in [0.2, 0.25) is 0 Å². The predicted molar refractivity (Wildman–Crippen MR) is 86.3 cm³/mol. The number of hydrogen-bond acceptors (Lipinski definition) is 4. The summed E-state index contributed by atoms with van der Waals surface area (Å²) in [7, 11) is 0. The molecule has 120 valence electrons. The number of pyridine rings is 1. The van der Waals surface area contributed by atoms with Crippen LogP contribution in [0.5, 0.6) is 0 Å². The van der Waals surface area contributed by atoms with Gasteiger partial charge in [-0.05, 0) is 31.0 Å². The van der Waals surface area contributed by atoms with E-state index in [0.717, 1.165) is 16.8 Å². The van der Waals surface area contributed by atoms with Crippen LogP contribution in [0.4, 0.5) is 0 Å². The smallest absolute Gasteiger partial charge is 0.397 e. The molecule has 0 atom stereocenters. The minimum Gasteiger partial charge on any atom is -0.459 e. The Hall–Kier alpha value is -2.69. The fourth-order valence-electron chi connectivity index (χ4n) is 2.19. The van der Waals surface area contributed by atoms with Crippen LogP contribution in [0.3, 0.4) is 0 Å². The summed E-state index contributed by atoms with van der Waals surface area (Å²) in [4.78, 5) is 30.0. The monoisotopic (exact) mass is 312 g/mol. The predicted octanol–water partition coefficient (Wildman–Crippen LogP) is 2.48. The standard InChI is InChI=1S/C18H20N2O3/c1-3-23-18(22)17(21)20(12-15-9-5-4-6-10-15)13-16-14(2)8-7-11-19-16/h4-11H,3,12-13H2,1-2H3. The number of ether oxygens (including phenoxy) is 1. The van der Waals surface area contributed by atoms with Crippen molar-refractivity contribution in [3.63, 3.8) is 0 Å². The van der Waals surface area contributed by atoms with Crippen LogP contribution >= 0.6 is 0 Å². The number of amides is 1. The third-order valence-electron chi connectivity index (χ3n) is 3.41. The lowest BCUT2D eigenvalue weighted by molar-refractivity contribution is -0.160. The maximum absolute atomic E-state index is 12.4. The molecule has 0 spiro atoms. The molecule has 0 saturated heterocycles. The Balaban J connectivity index is 2.22. The van der Waals surface area contributed by atoms with Gasteiger partial charge in [-0.3, -0.25) is 9.78 Å². The van der Waals surface area contributed by atoms with Gasteiger partial charge >= 0.3 is 11.9 Å². The van der Waals surface area contributed by atoms with Crippen LogP contribution in [-0.4, -0.2) is 28.4 Å². The van der Waals surface area contributed by atoms with Crippen LogP contribution in [-0.2, 0) is 27.4 Å². The molecule has 2 aromatic rings. The lowest BCUT2D eigenvalue weighted by atomic mass is 10.1. The first-order valence-electron chi connectivity index (χ1n) is 7.52. The van der Waals surface area contributed by atoms with Crippen LogP contribution in [0.25, 0.3) is 0 Å². The number of rotatable bonds is 5. The summed E-state index contributed by atoms with van der Waals surface area (Å²) >= 11 is 0. The van der Waals surface area contributed by atoms with E-state index in [9.17, 15) is 9.59 Å². The van der Waals surface area contributed by atoms with Gasteiger partial charge in [-0.15, -0.1) is 0 Å². The second-order valence-corrected chi connectivity index (χ2v) is 5.13. The van der Waals surface area contributed by atoms with Gasteiger partial charge in [-0.2, -0.15) is 0 Å². The van der Waals surface area contributed by atoms with E-state index in [1.54, 1.807) is 13.1 Å². The van der Waals surface area contributed by atoms with Gasteiger partial charge < -0.3 is 9.64 Å². The first-order valence-corrected chi connectivity index (χ1v) is 7.52. The highest BCUT2D eigenvalue weighted by Gasteiger charge is 2.24. The lowest BCUT2D eigenvalue weighted by Gasteiger charge is -2.22. The zero-order chi connectivity index (χ0) is 16.7. The van der Waals surface area contributed by atoms with E-state index in [2.05, 4.69) is 4.98 Å². The maximum Gasteiger partial charge on any atom is 0.397 e. The van der Waals surface area contributed by atoms with E-state index >= 15 is 0 Å². The van der Waals surface area contributed by atoms with Crippen molar-refractivity contribution in [2.45, 2.75) is 26.9 Å². The summed E-state index contributed by atoms with van der Waals surface area (Å²) in [6.07, 6.45) is 1.68. The quantitative estimate of drug-likeness (QED) is 0.628. The number of esters is 1. The molecule has 0 bridgehead atoms. The molecule has 0 aliphatic carbocycles. The summed E-state index contributed by atoms with van der Waals surface area (Å²) in [5.74, 6) is -1.49. The fourth-order valence-corrected chi connectivity index (χ4v) is 2.19. The normalized spacial score (nSPS) is 10.2. The second-order valence-electron chi connectivity index (χ2n) is 5.13. The van der Waals surface area contributed by atoms with Crippen molar-refractivity contribution in [3.8, 4) is 0 Å². The first-order chi connectivity index (χ1) is 11.1. The number of carbonyl (C=O) groups excluding carboxylic acids is 2. The molecular weight excluding hydrogens is 292 g/mol. The van der Waals surface area contributed by atoms with E-state index in [1.165, 1.54) is 4.90 Å². The van der Waals surface area contributed by atoms with E-state index < -0.39 is 11.9 Å². The van der Waals surface area contributed by atoms with E-state index in [-0.39, 0.29) is 13.2 Å². The Kier molecular flexibility index (Phi) is 5.86. The van der Waals surface area contributed by atoms with E-state index in [0.29, 0.717) is 6.54 Å². The molecule has 1 amide bonds. The van der Waals surface area contributed by atoms with Gasteiger partial charge in [0.15, 0.2) is 0 Å². The minimum absolute atomic E-state index is 0.173. The molecular formula is C18H20N2O3. The molecule has 0 fully saturated rings. The van der Waals surface area contributed by atoms with E-state index in [1.807, 2.05) is 49.4 Å². The average molecular weight is 312 g/mol. The van der Waals surface area contributed by atoms with Gasteiger partial charge in [0.1, 0.15) is 0 Å². The molecule has 23 heavy (non-hydrogen) atoms. The van der Waals surface area contributed by atoms with Crippen molar-refractivity contribution in [2.75, 3.05) is 6.61 Å². The third kappa shape index (κ3) is 4.64. The molecule has 0 aliphatic heterocycles. The number of carbonyl (C=O) groups is 2. The molecule has 0 N–H and O–H groups in total. The summed E-state index contributed by atoms with van der Waals surface area (Å²) in [5.41, 5.74) is 2.68. The van der Waals surface area contributed by atoms with Crippen LogP contribution in [0.15, 0.2) is 48.7 Å². The molecule has 1 aromatic carbocycles. The first kappa shape index (κ1) is 16.7. The van der Waals surface area contributed by atoms with Crippen LogP contribution < -0.4 is 0 Å². The topological polar surface area (TPSA) is 59.5 Å². The Labute approximate surface area is 135 Å². The number of aromatic nitrogens is 1. The van der Waals surface area contributed by atoms with Crippen molar-refractivity contribution in [1.29, 1.82) is 0 Å². The van der Waals surface area contributed by atoms with Crippen LogP contribution in [0, 0.1) is 6.92 Å². The molecule has 5 heteroatoms. The number of nitrogens with zero attached hydrogens (tertiary/aromatic N) is 2. The molecule has 0 aliphatic rings. The van der Waals surface area contributed by atoms with Crippen molar-refractivity contribution in [1.82, 2.24) is 9.88 Å². The van der Waals surface area contributed by atoms with Gasteiger partial charge in [-0.25, -0.2) is 4.79 Å². The van der Waals surface area contributed by atoms with Gasteiger partial charge in [0.05, 0.1) is 18.8 Å². The summed E-state index contributed by atoms with van der Waals surface area (Å²) in [6, 6.07) is 13.3. The zero-order valence-corrected chi connectivity index (χ0v) is 13.4. The molecule has 1 aromatic heterocycles. The van der Waals surface area contributed by atoms with Gasteiger partial charge in [-0.1, -0.05) is 36.4 Å². The Morgan fingerprint density at radius 1 is 1.09 bits per heavy atom. The lowest BCUT2D eigenvalue weighted by Crippen LogP contribution is -2.37. The molecule has 2 rings (SSSR count). The van der Waals surface area contributed by atoms with Crippen molar-refractivity contribution in [2.24, 2.45) is 0 Å². The third-order valence-corrected chi connectivity index (χ3v) is 3.41. The summed E-state index contributed by atoms with van der Waals surface area (Å²) in [6.45, 7) is 4.37. The Morgan fingerprint density at radius 3 is 2.48 bits per heavy atom. The summed E-state index contributed by atoms with van der Waals surface area (Å²) < 4.78 is 4.84. The van der Waals surface area contributed by atoms with Crippen molar-refractivity contribution in [3.05, 3.63) is 65.5 Å². The summed E-state index contributed by atoms with van der Waals surface area (Å²) in [5, 5.41) is 0. The molecule has 1 heterocycles. The maximum atomic E-state index is 12.4. The van der Waals surface area contributed by atoms with Gasteiger partial charge in [0.25, 0.3) is 0 Å². The van der Waals surface area contributed by atoms with Crippen LogP contribution in [0.2, 0.25) is 0 Å². The molecule has 0 saturated carbocycles. The highest BCUT2D eigenvalue weighted by Crippen LogP contribution is 2.12. The minimum atomic E-state index is -0.836. The second kappa shape index (κ2) is 8.08. The highest BCUT2D eigenvalue weighted by molar-refractivity contribution is 6.32. The Morgan fingerprint density at radius 2 is 1.83 bits per heavy atom. The SMILES string of the molecule is CCOC(=O)C(=O)N(Cc1ccccc1)Cc1ncccc1C. The van der Waals surface area contributed by atoms with Crippen molar-refractivity contribution >= 4 is 11.9 Å². The van der Waals surface area contributed by atoms with E-state index in [4.69, 9.17) is 4.74 Å². The molecule has 0 radical (unpaired) electrons. The fraction of sp³-hybridized carbons (Fsp3) is 0.278. The average Bonchev–Trinajstić information content (AvgIpc) is 2.56. The van der Waals surface area contributed by atoms with Gasteiger partial charge in [0, 0.05) is 12.7 Å². The number of hydrogen-bond donors (Lipinski definition) is 0. The number of aryl methyl sites for hydroxylation is 1. The molecule has 0 unspecified atom stereocenters. The Bertz CT molecular complexity index is 671. The zero-order valence-electron chi connectivity index (χ0n) is 13.4. The highest BCUT2D eigenvalue weighted by atomic mass is 16.5. The number of benzene rings is 1. The van der Waals surface area contributed by atoms with Crippen molar-refractivity contribution < 1.29 is 14.3 Å². The molecule has 5 nitrogen and oxygen atoms in total.